The van der Waals surface area contributed by atoms with Crippen molar-refractivity contribution in [2.75, 3.05) is 13.7 Å². The molecule has 1 aliphatic carbocycles. The maximum Gasteiger partial charge on any atom is 0.342 e. The Morgan fingerprint density at radius 1 is 1.33 bits per heavy atom. The Kier molecular flexibility index (Phi) is 7.39. The molecule has 0 bridgehead atoms. The van der Waals surface area contributed by atoms with Crippen LogP contribution in [0.4, 0.5) is 0 Å². The van der Waals surface area contributed by atoms with Crippen LogP contribution < -0.4 is 0 Å². The van der Waals surface area contributed by atoms with Crippen LogP contribution in [0.1, 0.15) is 40.5 Å². The van der Waals surface area contributed by atoms with E-state index in [9.17, 15) is 19.5 Å². The molecule has 1 N–H and O–H groups in total. The lowest BCUT2D eigenvalue weighted by Gasteiger charge is -2.28. The minimum atomic E-state index is -1.49. The maximum absolute atomic E-state index is 12.5. The van der Waals surface area contributed by atoms with Gasteiger partial charge in [0.1, 0.15) is 18.0 Å². The van der Waals surface area contributed by atoms with Crippen LogP contribution in [-0.2, 0) is 33.3 Å². The van der Waals surface area contributed by atoms with Crippen LogP contribution in [0.15, 0.2) is 46.8 Å². The summed E-state index contributed by atoms with van der Waals surface area (Å²) in [5.41, 5.74) is 0.00423. The molecule has 3 atom stereocenters. The van der Waals surface area contributed by atoms with Crippen molar-refractivity contribution in [3.63, 3.8) is 0 Å². The standard InChI is InChI=1S/C22H28O8/c1-12(2)20(24)29-17-8-13(3)7-15(28-14(4)23)9-22(5,26)10-18-19(17)16(11-27-6)21(25)30-18/h7,10,15,17,26H,1,8-9,11H2,2-6H3/b13-7+,18-10-/t15-,17+,22+/m1/s1. The fourth-order valence-corrected chi connectivity index (χ4v) is 3.42. The topological polar surface area (TPSA) is 108 Å². The number of methoxy groups -OCH3 is 1. The summed E-state index contributed by atoms with van der Waals surface area (Å²) in [6, 6.07) is 0. The lowest BCUT2D eigenvalue weighted by atomic mass is 9.89. The number of carbonyl (C=O) groups is 3. The maximum atomic E-state index is 12.5. The molecule has 8 nitrogen and oxygen atoms in total. The predicted octanol–water partition coefficient (Wildman–Crippen LogP) is 2.28. The number of ether oxygens (including phenoxy) is 4. The summed E-state index contributed by atoms with van der Waals surface area (Å²) in [4.78, 5) is 36.2. The smallest absolute Gasteiger partial charge is 0.342 e. The molecule has 164 valence electrons. The number of esters is 3. The second kappa shape index (κ2) is 9.40. The van der Waals surface area contributed by atoms with Crippen LogP contribution in [0.5, 0.6) is 0 Å². The summed E-state index contributed by atoms with van der Waals surface area (Å²) in [6.45, 7) is 9.64. The van der Waals surface area contributed by atoms with Gasteiger partial charge in [0, 0.05) is 38.0 Å². The number of hydrogen-bond donors (Lipinski definition) is 1. The Labute approximate surface area is 175 Å². The van der Waals surface area contributed by atoms with Crippen LogP contribution in [-0.4, -0.2) is 54.5 Å². The van der Waals surface area contributed by atoms with Crippen molar-refractivity contribution in [3.8, 4) is 0 Å². The molecule has 0 saturated heterocycles. The first-order chi connectivity index (χ1) is 13.9. The van der Waals surface area contributed by atoms with E-state index >= 15 is 0 Å². The number of aliphatic hydroxyl groups is 1. The average Bonchev–Trinajstić information content (AvgIpc) is 2.87. The highest BCUT2D eigenvalue weighted by Gasteiger charge is 2.39. The van der Waals surface area contributed by atoms with Gasteiger partial charge in [0.15, 0.2) is 0 Å². The molecule has 0 fully saturated rings. The summed E-state index contributed by atoms with van der Waals surface area (Å²) < 4.78 is 21.5. The number of carbonyl (C=O) groups excluding carboxylic acids is 3. The monoisotopic (exact) mass is 420 g/mol. The molecular weight excluding hydrogens is 392 g/mol. The lowest BCUT2D eigenvalue weighted by molar-refractivity contribution is -0.145. The quantitative estimate of drug-likeness (QED) is 0.312. The third-order valence-corrected chi connectivity index (χ3v) is 4.60. The zero-order chi connectivity index (χ0) is 22.6. The van der Waals surface area contributed by atoms with Gasteiger partial charge in [0.2, 0.25) is 0 Å². The zero-order valence-corrected chi connectivity index (χ0v) is 17.9. The van der Waals surface area contributed by atoms with E-state index in [-0.39, 0.29) is 36.4 Å². The van der Waals surface area contributed by atoms with Gasteiger partial charge in [-0.25, -0.2) is 9.59 Å². The molecule has 0 unspecified atom stereocenters. The highest BCUT2D eigenvalue weighted by molar-refractivity contribution is 5.95. The first-order valence-electron chi connectivity index (χ1n) is 9.54. The molecule has 1 heterocycles. The van der Waals surface area contributed by atoms with Crippen LogP contribution in [0.3, 0.4) is 0 Å². The molecule has 0 aromatic heterocycles. The molecule has 0 saturated carbocycles. The van der Waals surface area contributed by atoms with Gasteiger partial charge in [0.05, 0.1) is 17.8 Å². The van der Waals surface area contributed by atoms with Gasteiger partial charge in [-0.2, -0.15) is 0 Å². The minimum absolute atomic E-state index is 0.0480. The molecule has 8 heteroatoms. The van der Waals surface area contributed by atoms with E-state index < -0.39 is 35.7 Å². The van der Waals surface area contributed by atoms with Crippen molar-refractivity contribution in [1.29, 1.82) is 0 Å². The molecule has 0 aromatic rings. The minimum Gasteiger partial charge on any atom is -0.458 e. The summed E-state index contributed by atoms with van der Waals surface area (Å²) in [6.07, 6.45) is 1.73. The molecule has 2 rings (SSSR count). The van der Waals surface area contributed by atoms with Crippen LogP contribution in [0.25, 0.3) is 0 Å². The highest BCUT2D eigenvalue weighted by Crippen LogP contribution is 2.37. The Morgan fingerprint density at radius 3 is 2.57 bits per heavy atom. The van der Waals surface area contributed by atoms with Crippen molar-refractivity contribution < 1.29 is 38.4 Å². The number of hydrogen-bond acceptors (Lipinski definition) is 8. The van der Waals surface area contributed by atoms with E-state index in [2.05, 4.69) is 6.58 Å². The van der Waals surface area contributed by atoms with Gasteiger partial charge in [-0.3, -0.25) is 4.79 Å². The predicted molar refractivity (Wildman–Crippen MR) is 107 cm³/mol. The summed E-state index contributed by atoms with van der Waals surface area (Å²) in [5.74, 6) is -1.67. The molecule has 0 spiro atoms. The van der Waals surface area contributed by atoms with Gasteiger partial charge in [0.25, 0.3) is 0 Å². The van der Waals surface area contributed by atoms with E-state index in [1.807, 2.05) is 0 Å². The fourth-order valence-electron chi connectivity index (χ4n) is 3.42. The largest absolute Gasteiger partial charge is 0.458 e. The Bertz CT molecular complexity index is 843. The zero-order valence-electron chi connectivity index (χ0n) is 17.9. The van der Waals surface area contributed by atoms with Gasteiger partial charge in [-0.05, 0) is 32.9 Å². The van der Waals surface area contributed by atoms with Gasteiger partial charge < -0.3 is 24.1 Å². The normalized spacial score (nSPS) is 30.3. The first kappa shape index (κ1) is 23.6. The third kappa shape index (κ3) is 5.90. The molecule has 2 aliphatic rings. The first-order valence-corrected chi connectivity index (χ1v) is 9.54. The van der Waals surface area contributed by atoms with Crippen LogP contribution in [0.2, 0.25) is 0 Å². The molecule has 1 aliphatic heterocycles. The van der Waals surface area contributed by atoms with E-state index in [0.29, 0.717) is 5.57 Å². The summed E-state index contributed by atoms with van der Waals surface area (Å²) in [5, 5.41) is 10.9. The Morgan fingerprint density at radius 2 is 2.00 bits per heavy atom. The van der Waals surface area contributed by atoms with E-state index in [1.165, 1.54) is 34.0 Å². The number of rotatable bonds is 5. The highest BCUT2D eigenvalue weighted by atomic mass is 16.6. The SMILES string of the molecule is C=C(C)C(=O)O[C@H]1C/C(C)=C/[C@@H](OC(C)=O)C[C@](C)(O)/C=C2\OC(=O)C(COC)=C21. The van der Waals surface area contributed by atoms with E-state index in [0.717, 1.165) is 5.57 Å². The summed E-state index contributed by atoms with van der Waals surface area (Å²) >= 11 is 0. The van der Waals surface area contributed by atoms with Crippen LogP contribution >= 0.6 is 0 Å². The molecule has 0 aromatic carbocycles. The van der Waals surface area contributed by atoms with Crippen molar-refractivity contribution in [2.24, 2.45) is 0 Å². The van der Waals surface area contributed by atoms with Crippen molar-refractivity contribution in [1.82, 2.24) is 0 Å². The second-order valence-electron chi connectivity index (χ2n) is 7.82. The second-order valence-corrected chi connectivity index (χ2v) is 7.82. The number of fused-ring (bicyclic) bond motifs is 1. The van der Waals surface area contributed by atoms with Crippen molar-refractivity contribution in [3.05, 3.63) is 46.8 Å². The molecular formula is C22H28O8. The lowest BCUT2D eigenvalue weighted by Crippen LogP contribution is -2.32. The van der Waals surface area contributed by atoms with E-state index in [4.69, 9.17) is 18.9 Å². The molecule has 0 amide bonds. The van der Waals surface area contributed by atoms with Crippen molar-refractivity contribution >= 4 is 17.9 Å². The average molecular weight is 420 g/mol. The van der Waals surface area contributed by atoms with Gasteiger partial charge in [-0.1, -0.05) is 12.2 Å². The van der Waals surface area contributed by atoms with Crippen LogP contribution in [0, 0.1) is 0 Å². The fraction of sp³-hybridized carbons (Fsp3) is 0.500. The van der Waals surface area contributed by atoms with Gasteiger partial charge >= 0.3 is 17.9 Å². The molecule has 0 radical (unpaired) electrons. The Hall–Kier alpha value is -2.71. The van der Waals surface area contributed by atoms with Gasteiger partial charge in [-0.15, -0.1) is 0 Å². The van der Waals surface area contributed by atoms with E-state index in [1.54, 1.807) is 13.0 Å². The summed E-state index contributed by atoms with van der Waals surface area (Å²) in [7, 11) is 1.43. The third-order valence-electron chi connectivity index (χ3n) is 4.60. The molecule has 30 heavy (non-hydrogen) atoms. The van der Waals surface area contributed by atoms with Crippen molar-refractivity contribution in [2.45, 2.75) is 58.3 Å². The Balaban J connectivity index is 2.63.